The van der Waals surface area contributed by atoms with Gasteiger partial charge >= 0.3 is 0 Å². The normalized spacial score (nSPS) is 16.5. The number of rotatable bonds is 62. The zero-order chi connectivity index (χ0) is 56.8. The van der Waals surface area contributed by atoms with E-state index in [1.54, 1.807) is 0 Å². The van der Waals surface area contributed by atoms with Crippen molar-refractivity contribution in [1.29, 1.82) is 0 Å². The molecule has 0 aromatic heterocycles. The van der Waals surface area contributed by atoms with E-state index in [0.29, 0.717) is 31.8 Å². The summed E-state index contributed by atoms with van der Waals surface area (Å²) >= 11 is 0. The molecule has 9 heteroatoms. The van der Waals surface area contributed by atoms with Gasteiger partial charge in [-0.15, -0.1) is 0 Å². The fraction of sp³-hybridized carbons (Fsp3) is 0.971. The summed E-state index contributed by atoms with van der Waals surface area (Å²) in [5.74, 6) is 0.441. The molecule has 0 aliphatic carbocycles. The zero-order valence-electron chi connectivity index (χ0n) is 53.1. The van der Waals surface area contributed by atoms with Gasteiger partial charge in [-0.3, -0.25) is 14.5 Å². The number of nitrogens with one attached hydrogen (secondary N) is 2. The molecule has 0 radical (unpaired) electrons. The summed E-state index contributed by atoms with van der Waals surface area (Å²) in [5, 5.41) is 39.7. The van der Waals surface area contributed by atoms with E-state index >= 15 is 0 Å². The molecule has 6 unspecified atom stereocenters. The second-order valence-electron chi connectivity index (χ2n) is 25.6. The number of nitrogens with zero attached hydrogens (tertiary/aromatic N) is 2. The van der Waals surface area contributed by atoms with Crippen molar-refractivity contribution in [3.8, 4) is 0 Å². The summed E-state index contributed by atoms with van der Waals surface area (Å²) in [6.45, 7) is 16.0. The molecule has 1 heterocycles. The van der Waals surface area contributed by atoms with E-state index in [1.807, 2.05) is 0 Å². The Labute approximate surface area is 486 Å². The lowest BCUT2D eigenvalue weighted by Crippen LogP contribution is -2.61. The van der Waals surface area contributed by atoms with Crippen LogP contribution < -0.4 is 10.6 Å². The first-order valence-corrected chi connectivity index (χ1v) is 35.2. The van der Waals surface area contributed by atoms with E-state index in [1.165, 1.54) is 244 Å². The molecule has 5 N–H and O–H groups in total. The van der Waals surface area contributed by atoms with E-state index in [4.69, 9.17) is 0 Å². The van der Waals surface area contributed by atoms with Gasteiger partial charge in [-0.2, -0.15) is 0 Å². The second-order valence-corrected chi connectivity index (χ2v) is 25.6. The fourth-order valence-electron chi connectivity index (χ4n) is 12.2. The van der Waals surface area contributed by atoms with Crippen molar-refractivity contribution in [3.63, 3.8) is 0 Å². The molecule has 9 nitrogen and oxygen atoms in total. The predicted octanol–water partition coefficient (Wildman–Crippen LogP) is 17.9. The maximum atomic E-state index is 13.4. The Kier molecular flexibility index (Phi) is 53.9. The van der Waals surface area contributed by atoms with Gasteiger partial charge in [0.1, 0.15) is 12.1 Å². The van der Waals surface area contributed by atoms with Gasteiger partial charge in [0.15, 0.2) is 0 Å². The van der Waals surface area contributed by atoms with Crippen molar-refractivity contribution in [3.05, 3.63) is 0 Å². The minimum absolute atomic E-state index is 0.0692. The lowest BCUT2D eigenvalue weighted by Gasteiger charge is -2.31. The average molecular weight is 1100 g/mol. The van der Waals surface area contributed by atoms with Crippen LogP contribution >= 0.6 is 0 Å². The largest absolute Gasteiger partial charge is 0.392 e. The van der Waals surface area contributed by atoms with Crippen LogP contribution in [0.3, 0.4) is 0 Å². The van der Waals surface area contributed by atoms with Crippen LogP contribution in [0, 0.1) is 5.92 Å². The molecule has 78 heavy (non-hydrogen) atoms. The molecule has 1 fully saturated rings. The summed E-state index contributed by atoms with van der Waals surface area (Å²) in [4.78, 5) is 31.6. The number of carbonyl (C=O) groups is 2. The molecule has 1 rings (SSSR count). The van der Waals surface area contributed by atoms with Crippen LogP contribution in [0.15, 0.2) is 0 Å². The molecule has 1 aliphatic rings. The molecule has 0 bridgehead atoms. The Morgan fingerprint density at radius 1 is 0.321 bits per heavy atom. The Morgan fingerprint density at radius 3 is 0.821 bits per heavy atom. The standard InChI is InChI=1S/C69H138N4O5/c1-6-10-14-18-22-26-30-34-38-42-50-62(5)58-72(59-63(74)51-43-39-35-31-27-23-19-15-11-7-2)56-48-46-54-66-68(77)71-67(69(78)70-66)55-47-49-57-73(60-64(75)52-44-40-36-32-28-24-20-16-12-8-3)61-65(76)53-45-41-37-33-29-25-21-17-13-9-4/h62-67,74-76H,6-61H2,1-5H3,(H,70,78)(H,71,77). The van der Waals surface area contributed by atoms with Gasteiger partial charge in [0, 0.05) is 26.2 Å². The van der Waals surface area contributed by atoms with Gasteiger partial charge in [-0.25, -0.2) is 0 Å². The highest BCUT2D eigenvalue weighted by molar-refractivity contribution is 5.96. The number of unbranched alkanes of at least 4 members (excludes halogenated alkanes) is 38. The molecule has 1 aliphatic heterocycles. The van der Waals surface area contributed by atoms with E-state index in [2.05, 4.69) is 55.1 Å². The lowest BCUT2D eigenvalue weighted by atomic mass is 9.99. The summed E-state index contributed by atoms with van der Waals surface area (Å²) in [5.41, 5.74) is 0. The molecule has 1 saturated heterocycles. The average Bonchev–Trinajstić information content (AvgIpc) is 3.42. The van der Waals surface area contributed by atoms with Gasteiger partial charge in [0.05, 0.1) is 18.3 Å². The smallest absolute Gasteiger partial charge is 0.243 e. The maximum absolute atomic E-state index is 13.4. The Hall–Kier alpha value is -1.26. The number of piperazine rings is 1. The van der Waals surface area contributed by atoms with Gasteiger partial charge in [0.2, 0.25) is 11.8 Å². The molecule has 0 saturated carbocycles. The van der Waals surface area contributed by atoms with Crippen LogP contribution in [-0.4, -0.2) is 107 Å². The summed E-state index contributed by atoms with van der Waals surface area (Å²) in [7, 11) is 0. The molecule has 0 spiro atoms. The monoisotopic (exact) mass is 1100 g/mol. The number of hydrogen-bond acceptors (Lipinski definition) is 7. The summed E-state index contributed by atoms with van der Waals surface area (Å²) < 4.78 is 0. The van der Waals surface area contributed by atoms with Gasteiger partial charge < -0.3 is 30.9 Å². The highest BCUT2D eigenvalue weighted by Crippen LogP contribution is 2.20. The van der Waals surface area contributed by atoms with Crippen LogP contribution in [-0.2, 0) is 9.59 Å². The number of hydrogen-bond donors (Lipinski definition) is 5. The molecule has 464 valence electrons. The van der Waals surface area contributed by atoms with Crippen molar-refractivity contribution >= 4 is 11.8 Å². The Bertz CT molecular complexity index is 1120. The number of carbonyl (C=O) groups excluding carboxylic acids is 2. The molecule has 6 atom stereocenters. The second kappa shape index (κ2) is 56.2. The van der Waals surface area contributed by atoms with Gasteiger partial charge in [-0.05, 0) is 83.2 Å². The minimum atomic E-state index is -0.518. The Morgan fingerprint density at radius 2 is 0.551 bits per heavy atom. The zero-order valence-corrected chi connectivity index (χ0v) is 53.1. The van der Waals surface area contributed by atoms with Crippen molar-refractivity contribution in [2.75, 3.05) is 39.3 Å². The molecule has 0 aromatic carbocycles. The Balaban J connectivity index is 2.61. The van der Waals surface area contributed by atoms with Crippen LogP contribution in [0.25, 0.3) is 0 Å². The highest BCUT2D eigenvalue weighted by Gasteiger charge is 2.33. The molecular weight excluding hydrogens is 965 g/mol. The van der Waals surface area contributed by atoms with E-state index in [-0.39, 0.29) is 17.9 Å². The SMILES string of the molecule is CCCCCCCCCCCCC(C)CN(CCCCC1NC(=O)C(CCCCN(CC(O)CCCCCCCCCCCC)CC(O)CCCCCCCCCCCC)NC1=O)CC(O)CCCCCCCCCCCC. The van der Waals surface area contributed by atoms with Crippen LogP contribution in [0.5, 0.6) is 0 Å². The number of aliphatic hydroxyl groups excluding tert-OH is 3. The third-order valence-corrected chi connectivity index (χ3v) is 17.4. The first kappa shape index (κ1) is 74.8. The van der Waals surface area contributed by atoms with E-state index < -0.39 is 24.3 Å². The summed E-state index contributed by atoms with van der Waals surface area (Å²) in [6.07, 6.45) is 59.6. The molecule has 2 amide bonds. The van der Waals surface area contributed by atoms with Crippen LogP contribution in [0.1, 0.15) is 356 Å². The first-order valence-electron chi connectivity index (χ1n) is 35.2. The quantitative estimate of drug-likeness (QED) is 0.0384. The van der Waals surface area contributed by atoms with Crippen molar-refractivity contribution < 1.29 is 24.9 Å². The van der Waals surface area contributed by atoms with Crippen molar-refractivity contribution in [2.45, 2.75) is 386 Å². The van der Waals surface area contributed by atoms with Crippen molar-refractivity contribution in [1.82, 2.24) is 20.4 Å². The molecular formula is C69H138N4O5. The lowest BCUT2D eigenvalue weighted by molar-refractivity contribution is -0.137. The van der Waals surface area contributed by atoms with Crippen LogP contribution in [0.4, 0.5) is 0 Å². The number of amides is 2. The van der Waals surface area contributed by atoms with Crippen LogP contribution in [0.2, 0.25) is 0 Å². The predicted molar refractivity (Wildman–Crippen MR) is 337 cm³/mol. The van der Waals surface area contributed by atoms with Gasteiger partial charge in [-0.1, -0.05) is 291 Å². The highest BCUT2D eigenvalue weighted by atomic mass is 16.3. The minimum Gasteiger partial charge on any atom is -0.392 e. The summed E-state index contributed by atoms with van der Waals surface area (Å²) in [6, 6.07) is -1.01. The molecule has 0 aromatic rings. The van der Waals surface area contributed by atoms with E-state index in [9.17, 15) is 24.9 Å². The number of aliphatic hydroxyl groups is 3. The third-order valence-electron chi connectivity index (χ3n) is 17.4. The van der Waals surface area contributed by atoms with Crippen molar-refractivity contribution in [2.24, 2.45) is 5.92 Å². The fourth-order valence-corrected chi connectivity index (χ4v) is 12.2. The topological polar surface area (TPSA) is 125 Å². The van der Waals surface area contributed by atoms with Gasteiger partial charge in [0.25, 0.3) is 0 Å². The first-order chi connectivity index (χ1) is 38.1. The van der Waals surface area contributed by atoms with E-state index in [0.717, 1.165) is 90.4 Å². The maximum Gasteiger partial charge on any atom is 0.243 e. The third kappa shape index (κ3) is 47.3.